The van der Waals surface area contributed by atoms with E-state index in [0.29, 0.717) is 23.4 Å². The second kappa shape index (κ2) is 5.98. The number of fused-ring (bicyclic) bond motifs is 5. The van der Waals surface area contributed by atoms with Gasteiger partial charge in [-0.25, -0.2) is 9.78 Å². The quantitative estimate of drug-likeness (QED) is 0.354. The number of rotatable bonds is 1. The van der Waals surface area contributed by atoms with Crippen LogP contribution in [0.15, 0.2) is 23.0 Å². The van der Waals surface area contributed by atoms with Crippen LogP contribution in [0.5, 0.6) is 0 Å². The lowest BCUT2D eigenvalue weighted by Crippen LogP contribution is -2.44. The molecular weight excluding hydrogens is 406 g/mol. The van der Waals surface area contributed by atoms with Crippen molar-refractivity contribution in [3.8, 4) is 11.4 Å². The molecule has 3 aromatic rings. The molecule has 164 valence electrons. The van der Waals surface area contributed by atoms with Crippen molar-refractivity contribution in [1.29, 1.82) is 0 Å². The molecule has 0 fully saturated rings. The number of ether oxygens (including phenoxy) is 1. The number of nitrogen functional groups attached to an aromatic ring is 1. The Bertz CT molecular complexity index is 1440. The highest BCUT2D eigenvalue weighted by Crippen LogP contribution is 2.48. The molecule has 0 saturated carbocycles. The van der Waals surface area contributed by atoms with Crippen molar-refractivity contribution in [2.75, 3.05) is 5.73 Å². The summed E-state index contributed by atoms with van der Waals surface area (Å²) in [7, 11) is 0. The van der Waals surface area contributed by atoms with Gasteiger partial charge in [-0.15, -0.1) is 0 Å². The standard InChI is InChI=1S/C25H25N3O4/c1-4-25(31)15-9-18-21-13(10-28(18)22(29)14(15)11-32-23(25)30)20-19-12(7-8-24(20,2)3)16(26)5-6-17(19)27-21/h5-6,9,31H,4,7-8,10-11,26H2,1-3H3/t25-/m0/s1. The maximum atomic E-state index is 13.5. The van der Waals surface area contributed by atoms with Gasteiger partial charge >= 0.3 is 5.97 Å². The molecule has 3 aliphatic rings. The molecule has 7 nitrogen and oxygen atoms in total. The predicted molar refractivity (Wildman–Crippen MR) is 120 cm³/mol. The predicted octanol–water partition coefficient (Wildman–Crippen LogP) is 2.89. The molecule has 0 bridgehead atoms. The van der Waals surface area contributed by atoms with Crippen LogP contribution in [0.25, 0.3) is 22.3 Å². The lowest BCUT2D eigenvalue weighted by atomic mass is 9.70. The summed E-state index contributed by atoms with van der Waals surface area (Å²) in [6.07, 6.45) is 1.98. The summed E-state index contributed by atoms with van der Waals surface area (Å²) in [5, 5.41) is 12.2. The molecule has 0 saturated heterocycles. The van der Waals surface area contributed by atoms with E-state index >= 15 is 0 Å². The van der Waals surface area contributed by atoms with Crippen molar-refractivity contribution in [2.45, 2.75) is 64.2 Å². The molecular formula is C25H25N3O4. The molecule has 2 aliphatic heterocycles. The van der Waals surface area contributed by atoms with Gasteiger partial charge in [0.1, 0.15) is 6.61 Å². The van der Waals surface area contributed by atoms with Gasteiger partial charge in [-0.05, 0) is 54.0 Å². The fourth-order valence-corrected chi connectivity index (χ4v) is 5.84. The van der Waals surface area contributed by atoms with E-state index in [1.165, 1.54) is 5.56 Å². The zero-order valence-corrected chi connectivity index (χ0v) is 18.4. The van der Waals surface area contributed by atoms with Crippen LogP contribution in [-0.4, -0.2) is 20.6 Å². The zero-order valence-electron chi connectivity index (χ0n) is 18.4. The second-order valence-electron chi connectivity index (χ2n) is 9.83. The normalized spacial score (nSPS) is 22.3. The van der Waals surface area contributed by atoms with Crippen molar-refractivity contribution in [3.63, 3.8) is 0 Å². The topological polar surface area (TPSA) is 107 Å². The van der Waals surface area contributed by atoms with Crippen molar-refractivity contribution in [3.05, 3.63) is 56.4 Å². The van der Waals surface area contributed by atoms with Crippen molar-refractivity contribution in [1.82, 2.24) is 9.55 Å². The largest absolute Gasteiger partial charge is 0.458 e. The molecule has 7 heteroatoms. The highest BCUT2D eigenvalue weighted by molar-refractivity contribution is 5.95. The third-order valence-corrected chi connectivity index (χ3v) is 7.68. The molecule has 6 rings (SSSR count). The fourth-order valence-electron chi connectivity index (χ4n) is 5.84. The number of carbonyl (C=O) groups is 1. The Labute approximate surface area is 184 Å². The SMILES string of the molecule is CC[C@@]1(O)C(=O)OCc2c1cc1n(c2=O)Cc2c-1nc1ccc(N)c3c1c2C(C)(C)CC3. The van der Waals surface area contributed by atoms with Gasteiger partial charge in [0.25, 0.3) is 5.56 Å². The maximum Gasteiger partial charge on any atom is 0.343 e. The average molecular weight is 431 g/mol. The summed E-state index contributed by atoms with van der Waals surface area (Å²) < 4.78 is 6.88. The Balaban J connectivity index is 1.71. The van der Waals surface area contributed by atoms with E-state index in [4.69, 9.17) is 15.5 Å². The van der Waals surface area contributed by atoms with Gasteiger partial charge in [0.2, 0.25) is 0 Å². The van der Waals surface area contributed by atoms with Gasteiger partial charge in [-0.3, -0.25) is 4.79 Å². The van der Waals surface area contributed by atoms with Gasteiger partial charge in [0.05, 0.1) is 29.0 Å². The Kier molecular flexibility index (Phi) is 3.64. The molecule has 1 aliphatic carbocycles. The highest BCUT2D eigenvalue weighted by atomic mass is 16.6. The molecule has 0 amide bonds. The first kappa shape index (κ1) is 19.5. The molecule has 1 aromatic carbocycles. The van der Waals surface area contributed by atoms with E-state index in [0.717, 1.165) is 46.3 Å². The molecule has 4 heterocycles. The molecule has 0 unspecified atom stereocenters. The summed E-state index contributed by atoms with van der Waals surface area (Å²) in [6, 6.07) is 5.62. The number of aliphatic hydroxyl groups is 1. The number of hydrogen-bond donors (Lipinski definition) is 2. The Hall–Kier alpha value is -3.19. The molecule has 1 atom stereocenters. The first-order chi connectivity index (χ1) is 15.2. The van der Waals surface area contributed by atoms with Gasteiger partial charge in [0, 0.05) is 22.2 Å². The van der Waals surface area contributed by atoms with Crippen LogP contribution >= 0.6 is 0 Å². The molecule has 32 heavy (non-hydrogen) atoms. The van der Waals surface area contributed by atoms with Crippen LogP contribution in [-0.2, 0) is 40.1 Å². The molecule has 2 aromatic heterocycles. The van der Waals surface area contributed by atoms with E-state index in [9.17, 15) is 14.7 Å². The minimum Gasteiger partial charge on any atom is -0.458 e. The first-order valence-electron chi connectivity index (χ1n) is 11.1. The van der Waals surface area contributed by atoms with Gasteiger partial charge < -0.3 is 20.1 Å². The van der Waals surface area contributed by atoms with E-state index < -0.39 is 11.6 Å². The zero-order chi connectivity index (χ0) is 22.6. The van der Waals surface area contributed by atoms with Gasteiger partial charge in [-0.2, -0.15) is 0 Å². The number of nitrogens with zero attached hydrogens (tertiary/aromatic N) is 2. The number of nitrogens with two attached hydrogens (primary N) is 1. The smallest absolute Gasteiger partial charge is 0.343 e. The van der Waals surface area contributed by atoms with Gasteiger partial charge in [-0.1, -0.05) is 20.8 Å². The number of benzene rings is 1. The van der Waals surface area contributed by atoms with Crippen LogP contribution in [0, 0.1) is 0 Å². The van der Waals surface area contributed by atoms with Crippen LogP contribution < -0.4 is 11.3 Å². The first-order valence-corrected chi connectivity index (χ1v) is 11.1. The number of cyclic esters (lactones) is 1. The molecule has 0 radical (unpaired) electrons. The lowest BCUT2D eigenvalue weighted by molar-refractivity contribution is -0.172. The summed E-state index contributed by atoms with van der Waals surface area (Å²) >= 11 is 0. The summed E-state index contributed by atoms with van der Waals surface area (Å²) in [6.45, 7) is 6.45. The molecule has 0 spiro atoms. The van der Waals surface area contributed by atoms with Crippen LogP contribution in [0.4, 0.5) is 5.69 Å². The third-order valence-electron chi connectivity index (χ3n) is 7.68. The second-order valence-corrected chi connectivity index (χ2v) is 9.83. The summed E-state index contributed by atoms with van der Waals surface area (Å²) in [5.41, 5.74) is 11.2. The van der Waals surface area contributed by atoms with E-state index in [1.807, 2.05) is 12.1 Å². The Morgan fingerprint density at radius 1 is 1.22 bits per heavy atom. The van der Waals surface area contributed by atoms with Crippen LogP contribution in [0.1, 0.15) is 61.4 Å². The number of aryl methyl sites for hydroxylation is 1. The van der Waals surface area contributed by atoms with Crippen molar-refractivity contribution in [2.24, 2.45) is 0 Å². The number of esters is 1. The monoisotopic (exact) mass is 431 g/mol. The minimum absolute atomic E-state index is 0.0967. The minimum atomic E-state index is -1.82. The van der Waals surface area contributed by atoms with Crippen LogP contribution in [0.3, 0.4) is 0 Å². The number of anilines is 1. The van der Waals surface area contributed by atoms with E-state index in [2.05, 4.69) is 13.8 Å². The van der Waals surface area contributed by atoms with E-state index in [1.54, 1.807) is 17.6 Å². The average Bonchev–Trinajstić information content (AvgIpc) is 3.13. The Morgan fingerprint density at radius 3 is 2.75 bits per heavy atom. The maximum absolute atomic E-state index is 13.5. The Morgan fingerprint density at radius 2 is 2.00 bits per heavy atom. The number of pyridine rings is 2. The van der Waals surface area contributed by atoms with Crippen molar-refractivity contribution < 1.29 is 14.6 Å². The highest BCUT2D eigenvalue weighted by Gasteiger charge is 2.46. The summed E-state index contributed by atoms with van der Waals surface area (Å²) in [5.74, 6) is -0.710. The number of carbonyl (C=O) groups excluding carboxylic acids is 1. The van der Waals surface area contributed by atoms with E-state index in [-0.39, 0.29) is 24.0 Å². The number of aromatic nitrogens is 2. The summed E-state index contributed by atoms with van der Waals surface area (Å²) in [4.78, 5) is 30.9. The van der Waals surface area contributed by atoms with Crippen molar-refractivity contribution >= 4 is 22.6 Å². The lowest BCUT2D eigenvalue weighted by Gasteiger charge is -2.34. The number of hydrogen-bond acceptors (Lipinski definition) is 6. The molecule has 3 N–H and O–H groups in total. The van der Waals surface area contributed by atoms with Gasteiger partial charge in [0.15, 0.2) is 5.60 Å². The fraction of sp³-hybridized carbons (Fsp3) is 0.400. The van der Waals surface area contributed by atoms with Crippen LogP contribution in [0.2, 0.25) is 0 Å². The third kappa shape index (κ3) is 2.21.